The number of aromatic nitrogens is 1. The summed E-state index contributed by atoms with van der Waals surface area (Å²) in [5, 5.41) is 3.60. The number of pyridine rings is 1. The molecule has 0 spiro atoms. The van der Waals surface area contributed by atoms with Gasteiger partial charge in [0.2, 0.25) is 10.0 Å². The molecule has 0 aliphatic carbocycles. The van der Waals surface area contributed by atoms with Crippen LogP contribution in [0, 0.1) is 0 Å². The van der Waals surface area contributed by atoms with E-state index in [1.165, 1.54) is 20.2 Å². The maximum atomic E-state index is 12.4. The molecule has 1 N–H and O–H groups in total. The third kappa shape index (κ3) is 4.81. The van der Waals surface area contributed by atoms with Gasteiger partial charge in [-0.2, -0.15) is 0 Å². The van der Waals surface area contributed by atoms with Gasteiger partial charge in [0.05, 0.1) is 21.8 Å². The minimum atomic E-state index is -3.66. The standard InChI is InChI=1S/C16H18BrN3O3S2/c1-4-24-15-8-6-12(10-18-15)19-16(21)11-5-7-13(17)14(9-11)25(22,23)20(2)3/h5-10H,4H2,1-3H3,(H,19,21). The molecule has 2 aromatic rings. The van der Waals surface area contributed by atoms with Crippen LogP contribution in [-0.2, 0) is 10.0 Å². The summed E-state index contributed by atoms with van der Waals surface area (Å²) in [5.41, 5.74) is 0.793. The first kappa shape index (κ1) is 19.9. The molecule has 1 heterocycles. The summed E-state index contributed by atoms with van der Waals surface area (Å²) in [6.07, 6.45) is 1.58. The average molecular weight is 444 g/mol. The summed E-state index contributed by atoms with van der Waals surface area (Å²) in [6.45, 7) is 2.04. The average Bonchev–Trinajstić information content (AvgIpc) is 2.57. The van der Waals surface area contributed by atoms with E-state index in [0.29, 0.717) is 10.2 Å². The van der Waals surface area contributed by atoms with Crippen molar-refractivity contribution in [1.82, 2.24) is 9.29 Å². The molecule has 0 aliphatic rings. The summed E-state index contributed by atoms with van der Waals surface area (Å²) < 4.78 is 26.2. The van der Waals surface area contributed by atoms with Crippen molar-refractivity contribution in [3.63, 3.8) is 0 Å². The Morgan fingerprint density at radius 2 is 2.00 bits per heavy atom. The number of anilines is 1. The van der Waals surface area contributed by atoms with Gasteiger partial charge in [-0.05, 0) is 52.0 Å². The first-order valence-electron chi connectivity index (χ1n) is 7.38. The summed E-state index contributed by atoms with van der Waals surface area (Å²) in [4.78, 5) is 16.7. The van der Waals surface area contributed by atoms with Gasteiger partial charge in [0, 0.05) is 24.1 Å². The number of halogens is 1. The van der Waals surface area contributed by atoms with Crippen LogP contribution in [0.5, 0.6) is 0 Å². The summed E-state index contributed by atoms with van der Waals surface area (Å²) >= 11 is 4.83. The Balaban J connectivity index is 2.25. The fourth-order valence-electron chi connectivity index (χ4n) is 1.93. The maximum Gasteiger partial charge on any atom is 0.255 e. The minimum absolute atomic E-state index is 0.0398. The Morgan fingerprint density at radius 1 is 1.28 bits per heavy atom. The molecular weight excluding hydrogens is 426 g/mol. The summed E-state index contributed by atoms with van der Waals surface area (Å²) in [5.74, 6) is 0.515. The second-order valence-electron chi connectivity index (χ2n) is 5.20. The third-order valence-electron chi connectivity index (χ3n) is 3.24. The second kappa shape index (κ2) is 8.31. The zero-order valence-electron chi connectivity index (χ0n) is 14.0. The SMILES string of the molecule is CCSc1ccc(NC(=O)c2ccc(Br)c(S(=O)(=O)N(C)C)c2)cn1. The number of carbonyl (C=O) groups excluding carboxylic acids is 1. The molecule has 134 valence electrons. The number of carbonyl (C=O) groups is 1. The summed E-state index contributed by atoms with van der Waals surface area (Å²) in [6, 6.07) is 8.05. The van der Waals surface area contributed by atoms with Crippen molar-refractivity contribution in [1.29, 1.82) is 0 Å². The Morgan fingerprint density at radius 3 is 2.56 bits per heavy atom. The molecule has 0 atom stereocenters. The van der Waals surface area contributed by atoms with Gasteiger partial charge in [0.15, 0.2) is 0 Å². The van der Waals surface area contributed by atoms with Gasteiger partial charge in [0.1, 0.15) is 0 Å². The van der Waals surface area contributed by atoms with Crippen LogP contribution in [0.2, 0.25) is 0 Å². The molecule has 0 saturated carbocycles. The van der Waals surface area contributed by atoms with Gasteiger partial charge >= 0.3 is 0 Å². The highest BCUT2D eigenvalue weighted by molar-refractivity contribution is 9.10. The zero-order chi connectivity index (χ0) is 18.6. The number of rotatable bonds is 6. The first-order chi connectivity index (χ1) is 11.8. The van der Waals surface area contributed by atoms with E-state index >= 15 is 0 Å². The smallest absolute Gasteiger partial charge is 0.255 e. The van der Waals surface area contributed by atoms with Crippen LogP contribution in [0.1, 0.15) is 17.3 Å². The quantitative estimate of drug-likeness (QED) is 0.691. The molecule has 1 aromatic heterocycles. The molecule has 0 unspecified atom stereocenters. The fourth-order valence-corrected chi connectivity index (χ4v) is 4.36. The van der Waals surface area contributed by atoms with Crippen LogP contribution in [-0.4, -0.2) is 43.5 Å². The number of benzene rings is 1. The van der Waals surface area contributed by atoms with E-state index in [0.717, 1.165) is 15.1 Å². The first-order valence-corrected chi connectivity index (χ1v) is 10.6. The van der Waals surface area contributed by atoms with Gasteiger partial charge in [-0.3, -0.25) is 4.79 Å². The van der Waals surface area contributed by atoms with Crippen LogP contribution in [0.15, 0.2) is 50.9 Å². The van der Waals surface area contributed by atoms with E-state index in [4.69, 9.17) is 0 Å². The minimum Gasteiger partial charge on any atom is -0.321 e. The van der Waals surface area contributed by atoms with Crippen LogP contribution < -0.4 is 5.32 Å². The number of thioether (sulfide) groups is 1. The van der Waals surface area contributed by atoms with Crippen LogP contribution in [0.25, 0.3) is 0 Å². The molecular formula is C16H18BrN3O3S2. The number of sulfonamides is 1. The number of amides is 1. The molecule has 1 aromatic carbocycles. The molecule has 2 rings (SSSR count). The van der Waals surface area contributed by atoms with Gasteiger partial charge in [-0.15, -0.1) is 11.8 Å². The number of hydrogen-bond donors (Lipinski definition) is 1. The lowest BCUT2D eigenvalue weighted by Gasteiger charge is -2.14. The zero-order valence-corrected chi connectivity index (χ0v) is 17.2. The van der Waals surface area contributed by atoms with Crippen molar-refractivity contribution in [3.8, 4) is 0 Å². The highest BCUT2D eigenvalue weighted by atomic mass is 79.9. The molecule has 0 saturated heterocycles. The number of nitrogens with zero attached hydrogens (tertiary/aromatic N) is 2. The van der Waals surface area contributed by atoms with Gasteiger partial charge in [0.25, 0.3) is 5.91 Å². The van der Waals surface area contributed by atoms with Crippen LogP contribution in [0.3, 0.4) is 0 Å². The van der Waals surface area contributed by atoms with Crippen LogP contribution in [0.4, 0.5) is 5.69 Å². The second-order valence-corrected chi connectivity index (χ2v) is 9.46. The lowest BCUT2D eigenvalue weighted by atomic mass is 10.2. The Hall–Kier alpha value is -1.42. The fraction of sp³-hybridized carbons (Fsp3) is 0.250. The van der Waals surface area contributed by atoms with E-state index < -0.39 is 15.9 Å². The van der Waals surface area contributed by atoms with E-state index in [2.05, 4.69) is 26.2 Å². The number of nitrogens with one attached hydrogen (secondary N) is 1. The molecule has 1 amide bonds. The van der Waals surface area contributed by atoms with Gasteiger partial charge in [-0.1, -0.05) is 6.92 Å². The largest absolute Gasteiger partial charge is 0.321 e. The van der Waals surface area contributed by atoms with E-state index in [9.17, 15) is 13.2 Å². The molecule has 0 fully saturated rings. The van der Waals surface area contributed by atoms with Gasteiger partial charge in [-0.25, -0.2) is 17.7 Å². The van der Waals surface area contributed by atoms with Crippen LogP contribution >= 0.6 is 27.7 Å². The highest BCUT2D eigenvalue weighted by Crippen LogP contribution is 2.26. The molecule has 0 aliphatic heterocycles. The Kier molecular flexibility index (Phi) is 6.61. The highest BCUT2D eigenvalue weighted by Gasteiger charge is 2.22. The van der Waals surface area contributed by atoms with Crippen molar-refractivity contribution < 1.29 is 13.2 Å². The Labute approximate surface area is 160 Å². The topological polar surface area (TPSA) is 79.4 Å². The van der Waals surface area contributed by atoms with Crippen molar-refractivity contribution in [2.45, 2.75) is 16.8 Å². The Bertz CT molecular complexity index is 869. The van der Waals surface area contributed by atoms with E-state index in [-0.39, 0.29) is 10.5 Å². The monoisotopic (exact) mass is 443 g/mol. The molecule has 25 heavy (non-hydrogen) atoms. The lowest BCUT2D eigenvalue weighted by Crippen LogP contribution is -2.23. The van der Waals surface area contributed by atoms with Crippen molar-refractivity contribution in [2.24, 2.45) is 0 Å². The van der Waals surface area contributed by atoms with Gasteiger partial charge < -0.3 is 5.32 Å². The normalized spacial score (nSPS) is 11.6. The van der Waals surface area contributed by atoms with E-state index in [1.54, 1.807) is 36.2 Å². The summed E-state index contributed by atoms with van der Waals surface area (Å²) in [7, 11) is -0.776. The lowest BCUT2D eigenvalue weighted by molar-refractivity contribution is 0.102. The predicted octanol–water partition coefficient (Wildman–Crippen LogP) is 3.46. The van der Waals surface area contributed by atoms with Crippen molar-refractivity contribution in [2.75, 3.05) is 25.2 Å². The van der Waals surface area contributed by atoms with E-state index in [1.807, 2.05) is 13.0 Å². The number of hydrogen-bond acceptors (Lipinski definition) is 5. The van der Waals surface area contributed by atoms with Crippen molar-refractivity contribution in [3.05, 3.63) is 46.6 Å². The molecule has 0 radical (unpaired) electrons. The molecule has 9 heteroatoms. The third-order valence-corrected chi connectivity index (χ3v) is 6.87. The predicted molar refractivity (Wildman–Crippen MR) is 104 cm³/mol. The maximum absolute atomic E-state index is 12.4. The molecule has 6 nitrogen and oxygen atoms in total. The van der Waals surface area contributed by atoms with Crippen molar-refractivity contribution >= 4 is 49.3 Å². The molecule has 0 bridgehead atoms.